The molecule has 1 aromatic heterocycles. The summed E-state index contributed by atoms with van der Waals surface area (Å²) in [6.07, 6.45) is 1.76. The molecule has 1 atom stereocenters. The second-order valence-corrected chi connectivity index (χ2v) is 8.14. The number of aromatic nitrogens is 1. The van der Waals surface area contributed by atoms with Crippen molar-refractivity contribution >= 4 is 40.2 Å². The third-order valence-corrected chi connectivity index (χ3v) is 6.06. The van der Waals surface area contributed by atoms with Crippen LogP contribution in [0.15, 0.2) is 48.7 Å². The van der Waals surface area contributed by atoms with Crippen LogP contribution in [0.1, 0.15) is 39.1 Å². The van der Waals surface area contributed by atoms with Crippen LogP contribution in [0.4, 0.5) is 10.1 Å². The molecule has 8 nitrogen and oxygen atoms in total. The monoisotopic (exact) mass is 446 g/mol. The Morgan fingerprint density at radius 3 is 2.61 bits per heavy atom. The second kappa shape index (κ2) is 7.77. The first-order chi connectivity index (χ1) is 15.8. The first-order valence-corrected chi connectivity index (χ1v) is 10.4. The quantitative estimate of drug-likeness (QED) is 0.618. The molecule has 4 amide bonds. The molecule has 2 aliphatic heterocycles. The lowest BCUT2D eigenvalue weighted by Gasteiger charge is -2.27. The van der Waals surface area contributed by atoms with Gasteiger partial charge in [0, 0.05) is 31.6 Å². The minimum atomic E-state index is -1.09. The van der Waals surface area contributed by atoms with Crippen LogP contribution in [0.25, 0.3) is 10.9 Å². The van der Waals surface area contributed by atoms with Gasteiger partial charge in [-0.25, -0.2) is 4.39 Å². The van der Waals surface area contributed by atoms with Crippen LogP contribution in [-0.2, 0) is 16.1 Å². The molecule has 9 heteroatoms. The molecule has 1 unspecified atom stereocenters. The molecule has 166 valence electrons. The lowest BCUT2D eigenvalue weighted by atomic mass is 10.0. The number of hydrogen-bond acceptors (Lipinski definition) is 6. The summed E-state index contributed by atoms with van der Waals surface area (Å²) >= 11 is 0. The first kappa shape index (κ1) is 20.7. The van der Waals surface area contributed by atoms with Gasteiger partial charge < -0.3 is 4.90 Å². The van der Waals surface area contributed by atoms with Crippen molar-refractivity contribution in [2.45, 2.75) is 25.4 Å². The van der Waals surface area contributed by atoms with E-state index in [0.29, 0.717) is 6.54 Å². The van der Waals surface area contributed by atoms with E-state index in [1.807, 2.05) is 30.3 Å². The minimum Gasteiger partial charge on any atom is -0.368 e. The molecule has 1 fully saturated rings. The molecule has 0 spiro atoms. The number of nitrogens with one attached hydrogen (secondary N) is 1. The van der Waals surface area contributed by atoms with Crippen LogP contribution in [-0.4, -0.2) is 46.6 Å². The number of halogens is 1. The summed E-state index contributed by atoms with van der Waals surface area (Å²) in [5.41, 5.74) is 1.84. The van der Waals surface area contributed by atoms with E-state index in [-0.39, 0.29) is 29.7 Å². The maximum absolute atomic E-state index is 15.0. The van der Waals surface area contributed by atoms with Gasteiger partial charge >= 0.3 is 0 Å². The summed E-state index contributed by atoms with van der Waals surface area (Å²) in [6, 6.07) is 10.7. The lowest BCUT2D eigenvalue weighted by Crippen LogP contribution is -2.54. The molecule has 1 saturated heterocycles. The normalized spacial score (nSPS) is 18.0. The van der Waals surface area contributed by atoms with Crippen LogP contribution < -0.4 is 10.2 Å². The number of amides is 4. The Balaban J connectivity index is 1.46. The number of imide groups is 2. The van der Waals surface area contributed by atoms with E-state index < -0.39 is 35.5 Å². The van der Waals surface area contributed by atoms with Crippen molar-refractivity contribution in [1.29, 1.82) is 0 Å². The summed E-state index contributed by atoms with van der Waals surface area (Å²) in [6.45, 7) is 0.345. The van der Waals surface area contributed by atoms with Crippen molar-refractivity contribution < 1.29 is 23.6 Å². The summed E-state index contributed by atoms with van der Waals surface area (Å²) in [4.78, 5) is 56.4. The highest BCUT2D eigenvalue weighted by molar-refractivity contribution is 6.23. The molecule has 2 aliphatic rings. The number of pyridine rings is 1. The van der Waals surface area contributed by atoms with Gasteiger partial charge in [-0.05, 0) is 36.2 Å². The first-order valence-electron chi connectivity index (χ1n) is 10.4. The standard InChI is InChI=1S/C24H19FN4O4/c1-28(12-13-4-2-6-18-14(13)5-3-9-26-18)20-11-16-15(10-17(20)25)23(32)29(24(16)33)19-7-8-21(30)27-22(19)31/h2-6,9-11,19H,7-8,12H2,1H3,(H,27,30,31). The fraction of sp³-hybridized carbons (Fsp3) is 0.208. The number of anilines is 1. The van der Waals surface area contributed by atoms with Crippen LogP contribution >= 0.6 is 0 Å². The van der Waals surface area contributed by atoms with Gasteiger partial charge in [-0.3, -0.25) is 34.4 Å². The van der Waals surface area contributed by atoms with Gasteiger partial charge in [-0.15, -0.1) is 0 Å². The maximum Gasteiger partial charge on any atom is 0.262 e. The van der Waals surface area contributed by atoms with Crippen LogP contribution in [0.5, 0.6) is 0 Å². The topological polar surface area (TPSA) is 99.7 Å². The van der Waals surface area contributed by atoms with E-state index in [1.165, 1.54) is 6.07 Å². The maximum atomic E-state index is 15.0. The molecular weight excluding hydrogens is 427 g/mol. The highest BCUT2D eigenvalue weighted by Crippen LogP contribution is 2.33. The lowest BCUT2D eigenvalue weighted by molar-refractivity contribution is -0.136. The molecule has 3 heterocycles. The average Bonchev–Trinajstić information content (AvgIpc) is 3.03. The molecule has 0 saturated carbocycles. The fourth-order valence-corrected chi connectivity index (χ4v) is 4.42. The SMILES string of the molecule is CN(Cc1cccc2ncccc12)c1cc2c(cc1F)C(=O)N(C1CCC(=O)NC1=O)C2=O. The summed E-state index contributed by atoms with van der Waals surface area (Å²) in [7, 11) is 1.69. The zero-order valence-electron chi connectivity index (χ0n) is 17.7. The Morgan fingerprint density at radius 2 is 1.85 bits per heavy atom. The van der Waals surface area contributed by atoms with Crippen molar-refractivity contribution in [3.05, 3.63) is 71.2 Å². The largest absolute Gasteiger partial charge is 0.368 e. The number of fused-ring (bicyclic) bond motifs is 2. The number of rotatable bonds is 4. The molecule has 1 N–H and O–H groups in total. The van der Waals surface area contributed by atoms with Crippen LogP contribution in [0, 0.1) is 5.82 Å². The summed E-state index contributed by atoms with van der Waals surface area (Å²) < 4.78 is 15.0. The number of carbonyl (C=O) groups is 4. The summed E-state index contributed by atoms with van der Waals surface area (Å²) in [5, 5.41) is 3.08. The highest BCUT2D eigenvalue weighted by atomic mass is 19.1. The molecular formula is C24H19FN4O4. The predicted octanol–water partition coefficient (Wildman–Crippen LogP) is 2.41. The number of nitrogens with zero attached hydrogens (tertiary/aromatic N) is 3. The van der Waals surface area contributed by atoms with Gasteiger partial charge in [0.2, 0.25) is 11.8 Å². The van der Waals surface area contributed by atoms with E-state index >= 15 is 4.39 Å². The van der Waals surface area contributed by atoms with Gasteiger partial charge in [-0.1, -0.05) is 18.2 Å². The molecule has 3 aromatic rings. The molecule has 2 aromatic carbocycles. The van der Waals surface area contributed by atoms with Crippen LogP contribution in [0.2, 0.25) is 0 Å². The smallest absolute Gasteiger partial charge is 0.262 e. The Labute approximate surface area is 188 Å². The minimum absolute atomic E-state index is 0.0199. The van der Waals surface area contributed by atoms with E-state index in [9.17, 15) is 19.2 Å². The van der Waals surface area contributed by atoms with Crippen molar-refractivity contribution in [2.75, 3.05) is 11.9 Å². The van der Waals surface area contributed by atoms with Crippen molar-refractivity contribution in [3.8, 4) is 0 Å². The van der Waals surface area contributed by atoms with E-state index in [1.54, 1.807) is 18.1 Å². The number of piperidine rings is 1. The zero-order chi connectivity index (χ0) is 23.3. The highest BCUT2D eigenvalue weighted by Gasteiger charge is 2.45. The van der Waals surface area contributed by atoms with Crippen molar-refractivity contribution in [3.63, 3.8) is 0 Å². The van der Waals surface area contributed by atoms with E-state index in [2.05, 4.69) is 10.3 Å². The third kappa shape index (κ3) is 3.42. The van der Waals surface area contributed by atoms with Gasteiger partial charge in [0.1, 0.15) is 11.9 Å². The summed E-state index contributed by atoms with van der Waals surface area (Å²) in [5.74, 6) is -3.22. The molecule has 0 aliphatic carbocycles. The van der Waals surface area contributed by atoms with Gasteiger partial charge in [-0.2, -0.15) is 0 Å². The van der Waals surface area contributed by atoms with Gasteiger partial charge in [0.15, 0.2) is 0 Å². The average molecular weight is 446 g/mol. The number of carbonyl (C=O) groups excluding carboxylic acids is 4. The fourth-order valence-electron chi connectivity index (χ4n) is 4.42. The van der Waals surface area contributed by atoms with Crippen LogP contribution in [0.3, 0.4) is 0 Å². The van der Waals surface area contributed by atoms with E-state index in [0.717, 1.165) is 27.4 Å². The Kier molecular flexibility index (Phi) is 4.88. The number of hydrogen-bond donors (Lipinski definition) is 1. The van der Waals surface area contributed by atoms with Crippen molar-refractivity contribution in [2.24, 2.45) is 0 Å². The molecule has 0 bridgehead atoms. The molecule has 33 heavy (non-hydrogen) atoms. The Hall–Kier alpha value is -4.14. The Bertz CT molecular complexity index is 1350. The van der Waals surface area contributed by atoms with Crippen molar-refractivity contribution in [1.82, 2.24) is 15.2 Å². The molecule has 5 rings (SSSR count). The van der Waals surface area contributed by atoms with Gasteiger partial charge in [0.05, 0.1) is 22.3 Å². The van der Waals surface area contributed by atoms with Gasteiger partial charge in [0.25, 0.3) is 11.8 Å². The zero-order valence-corrected chi connectivity index (χ0v) is 17.7. The predicted molar refractivity (Wildman–Crippen MR) is 117 cm³/mol. The number of benzene rings is 2. The Morgan fingerprint density at radius 1 is 1.09 bits per heavy atom. The van der Waals surface area contributed by atoms with E-state index in [4.69, 9.17) is 0 Å². The molecule has 0 radical (unpaired) electrons. The third-order valence-electron chi connectivity index (χ3n) is 6.06. The second-order valence-electron chi connectivity index (χ2n) is 8.14.